The summed E-state index contributed by atoms with van der Waals surface area (Å²) in [6.07, 6.45) is 0.702. The summed E-state index contributed by atoms with van der Waals surface area (Å²) in [6.45, 7) is 9.43. The zero-order valence-electron chi connectivity index (χ0n) is 17.8. The fraction of sp³-hybridized carbons (Fsp3) is 0.600. The molecule has 1 aromatic carbocycles. The zero-order chi connectivity index (χ0) is 21.8. The van der Waals surface area contributed by atoms with Gasteiger partial charge in [0, 0.05) is 26.2 Å². The van der Waals surface area contributed by atoms with E-state index in [0.29, 0.717) is 38.5 Å². The van der Waals surface area contributed by atoms with Crippen LogP contribution in [0.2, 0.25) is 0 Å². The molecule has 0 aromatic heterocycles. The second-order valence-corrected chi connectivity index (χ2v) is 10.0. The van der Waals surface area contributed by atoms with E-state index >= 15 is 0 Å². The summed E-state index contributed by atoms with van der Waals surface area (Å²) in [7, 11) is -3.63. The van der Waals surface area contributed by atoms with Gasteiger partial charge in [-0.25, -0.2) is 13.2 Å². The molecule has 9 heteroatoms. The molecule has 2 rings (SSSR count). The van der Waals surface area contributed by atoms with Gasteiger partial charge in [0.15, 0.2) is 0 Å². The predicted octanol–water partition coefficient (Wildman–Crippen LogP) is 2.05. The lowest BCUT2D eigenvalue weighted by atomic mass is 9.87. The average molecular weight is 426 g/mol. The normalized spacial score (nSPS) is 15.2. The van der Waals surface area contributed by atoms with Gasteiger partial charge in [-0.15, -0.1) is 0 Å². The van der Waals surface area contributed by atoms with Crippen molar-refractivity contribution in [1.29, 1.82) is 0 Å². The summed E-state index contributed by atoms with van der Waals surface area (Å²) in [5.41, 5.74) is 1.48. The Balaban J connectivity index is 2.08. The van der Waals surface area contributed by atoms with Gasteiger partial charge in [-0.3, -0.25) is 9.10 Å². The standard InChI is InChI=1S/C20H31N3O5S/c1-6-28-19(25)22-13-11-21(12-14-22)18(24)15-23(29(5,26)27)17-9-7-16(8-10-17)20(2,3)4/h7-10H,6,11-15H2,1-5H3. The summed E-state index contributed by atoms with van der Waals surface area (Å²) >= 11 is 0. The molecule has 1 saturated heterocycles. The van der Waals surface area contributed by atoms with Gasteiger partial charge in [0.25, 0.3) is 0 Å². The van der Waals surface area contributed by atoms with Crippen LogP contribution < -0.4 is 4.31 Å². The minimum atomic E-state index is -3.63. The first-order valence-electron chi connectivity index (χ1n) is 9.71. The number of nitrogens with zero attached hydrogens (tertiary/aromatic N) is 3. The molecular weight excluding hydrogens is 394 g/mol. The highest BCUT2D eigenvalue weighted by Gasteiger charge is 2.28. The largest absolute Gasteiger partial charge is 0.450 e. The molecular formula is C20H31N3O5S. The summed E-state index contributed by atoms with van der Waals surface area (Å²) in [5, 5.41) is 0. The van der Waals surface area contributed by atoms with E-state index in [1.54, 1.807) is 28.9 Å². The quantitative estimate of drug-likeness (QED) is 0.721. The lowest BCUT2D eigenvalue weighted by Gasteiger charge is -2.35. The SMILES string of the molecule is CCOC(=O)N1CCN(C(=O)CN(c2ccc(C(C)(C)C)cc2)S(C)(=O)=O)CC1. The molecule has 0 bridgehead atoms. The summed E-state index contributed by atoms with van der Waals surface area (Å²) in [5.74, 6) is -0.293. The highest BCUT2D eigenvalue weighted by atomic mass is 32.2. The monoisotopic (exact) mass is 425 g/mol. The first kappa shape index (κ1) is 23.0. The van der Waals surface area contributed by atoms with Crippen molar-refractivity contribution < 1.29 is 22.7 Å². The molecule has 2 amide bonds. The summed E-state index contributed by atoms with van der Waals surface area (Å²) < 4.78 is 30.8. The Morgan fingerprint density at radius 3 is 2.00 bits per heavy atom. The third-order valence-electron chi connectivity index (χ3n) is 4.86. The molecule has 0 atom stereocenters. The van der Waals surface area contributed by atoms with Crippen molar-refractivity contribution in [3.63, 3.8) is 0 Å². The second-order valence-electron chi connectivity index (χ2n) is 8.13. The number of carbonyl (C=O) groups is 2. The number of ether oxygens (including phenoxy) is 1. The Morgan fingerprint density at radius 1 is 1.03 bits per heavy atom. The molecule has 0 unspecified atom stereocenters. The Bertz CT molecular complexity index is 823. The number of amides is 2. The Labute approximate surface area is 173 Å². The highest BCUT2D eigenvalue weighted by Crippen LogP contribution is 2.26. The van der Waals surface area contributed by atoms with Crippen LogP contribution in [-0.2, 0) is 25.0 Å². The fourth-order valence-electron chi connectivity index (χ4n) is 3.10. The maximum atomic E-state index is 12.7. The maximum Gasteiger partial charge on any atom is 0.409 e. The van der Waals surface area contributed by atoms with Crippen LogP contribution in [0, 0.1) is 0 Å². The molecule has 1 aliphatic heterocycles. The summed E-state index contributed by atoms with van der Waals surface area (Å²) in [6, 6.07) is 7.23. The van der Waals surface area contributed by atoms with E-state index in [2.05, 4.69) is 20.8 Å². The third-order valence-corrected chi connectivity index (χ3v) is 6.00. The number of sulfonamides is 1. The highest BCUT2D eigenvalue weighted by molar-refractivity contribution is 7.92. The third kappa shape index (κ3) is 6.09. The molecule has 1 heterocycles. The van der Waals surface area contributed by atoms with Crippen LogP contribution in [0.4, 0.5) is 10.5 Å². The van der Waals surface area contributed by atoms with Gasteiger partial charge in [-0.2, -0.15) is 0 Å². The number of anilines is 1. The second kappa shape index (κ2) is 9.02. The Hall–Kier alpha value is -2.29. The minimum absolute atomic E-state index is 0.0527. The van der Waals surface area contributed by atoms with Crippen molar-refractivity contribution in [2.45, 2.75) is 33.1 Å². The van der Waals surface area contributed by atoms with E-state index in [0.717, 1.165) is 16.1 Å². The molecule has 0 spiro atoms. The number of carbonyl (C=O) groups excluding carboxylic acids is 2. The number of hydrogen-bond acceptors (Lipinski definition) is 5. The van der Waals surface area contributed by atoms with Crippen LogP contribution in [0.1, 0.15) is 33.3 Å². The van der Waals surface area contributed by atoms with Gasteiger partial charge in [0.1, 0.15) is 6.54 Å². The number of rotatable bonds is 5. The van der Waals surface area contributed by atoms with Crippen LogP contribution in [0.15, 0.2) is 24.3 Å². The van der Waals surface area contributed by atoms with E-state index in [4.69, 9.17) is 4.74 Å². The minimum Gasteiger partial charge on any atom is -0.450 e. The fourth-order valence-corrected chi connectivity index (χ4v) is 3.95. The van der Waals surface area contributed by atoms with Crippen LogP contribution >= 0.6 is 0 Å². The molecule has 8 nitrogen and oxygen atoms in total. The van der Waals surface area contributed by atoms with Crippen LogP contribution in [-0.4, -0.2) is 75.8 Å². The van der Waals surface area contributed by atoms with Gasteiger partial charge in [0.05, 0.1) is 18.6 Å². The molecule has 1 aliphatic rings. The smallest absolute Gasteiger partial charge is 0.409 e. The van der Waals surface area contributed by atoms with E-state index < -0.39 is 16.1 Å². The van der Waals surface area contributed by atoms with Gasteiger partial charge in [-0.05, 0) is 30.0 Å². The molecule has 0 N–H and O–H groups in total. The van der Waals surface area contributed by atoms with Crippen LogP contribution in [0.25, 0.3) is 0 Å². The summed E-state index contributed by atoms with van der Waals surface area (Å²) in [4.78, 5) is 27.7. The van der Waals surface area contributed by atoms with Gasteiger partial charge in [0.2, 0.25) is 15.9 Å². The lowest BCUT2D eigenvalue weighted by molar-refractivity contribution is -0.131. The van der Waals surface area contributed by atoms with Crippen molar-refractivity contribution >= 4 is 27.7 Å². The predicted molar refractivity (Wildman–Crippen MR) is 113 cm³/mol. The van der Waals surface area contributed by atoms with Crippen molar-refractivity contribution in [2.24, 2.45) is 0 Å². The van der Waals surface area contributed by atoms with Crippen molar-refractivity contribution in [3.05, 3.63) is 29.8 Å². The average Bonchev–Trinajstić information content (AvgIpc) is 2.64. The number of piperazine rings is 1. The maximum absolute atomic E-state index is 12.7. The van der Waals surface area contributed by atoms with E-state index in [1.807, 2.05) is 12.1 Å². The van der Waals surface area contributed by atoms with Crippen molar-refractivity contribution in [3.8, 4) is 0 Å². The molecule has 29 heavy (non-hydrogen) atoms. The van der Waals surface area contributed by atoms with Gasteiger partial charge in [-0.1, -0.05) is 32.9 Å². The molecule has 0 radical (unpaired) electrons. The number of hydrogen-bond donors (Lipinski definition) is 0. The molecule has 0 aliphatic carbocycles. The van der Waals surface area contributed by atoms with Gasteiger partial charge >= 0.3 is 6.09 Å². The van der Waals surface area contributed by atoms with Crippen LogP contribution in [0.3, 0.4) is 0 Å². The molecule has 162 valence electrons. The van der Waals surface area contributed by atoms with Gasteiger partial charge < -0.3 is 14.5 Å². The first-order chi connectivity index (χ1) is 13.4. The first-order valence-corrected chi connectivity index (χ1v) is 11.6. The topological polar surface area (TPSA) is 87.2 Å². The van der Waals surface area contributed by atoms with Crippen LogP contribution in [0.5, 0.6) is 0 Å². The Kier molecular flexibility index (Phi) is 7.15. The van der Waals surface area contributed by atoms with E-state index in [9.17, 15) is 18.0 Å². The van der Waals surface area contributed by atoms with E-state index in [1.165, 1.54) is 0 Å². The van der Waals surface area contributed by atoms with Crippen molar-refractivity contribution in [1.82, 2.24) is 9.80 Å². The molecule has 1 aromatic rings. The zero-order valence-corrected chi connectivity index (χ0v) is 18.7. The Morgan fingerprint density at radius 2 is 1.55 bits per heavy atom. The molecule has 1 fully saturated rings. The lowest BCUT2D eigenvalue weighted by Crippen LogP contribution is -2.53. The number of benzene rings is 1. The molecule has 0 saturated carbocycles. The van der Waals surface area contributed by atoms with E-state index in [-0.39, 0.29) is 17.9 Å². The van der Waals surface area contributed by atoms with Crippen molar-refractivity contribution in [2.75, 3.05) is 49.9 Å².